The molecule has 2 aromatic rings. The molecule has 1 aliphatic heterocycles. The maximum Gasteiger partial charge on any atom is 0.267 e. The molecule has 132 valence electrons. The fraction of sp³-hybridized carbons (Fsp3) is 0.350. The van der Waals surface area contributed by atoms with E-state index in [0.29, 0.717) is 18.0 Å². The van der Waals surface area contributed by atoms with Crippen molar-refractivity contribution < 1.29 is 14.3 Å². The third kappa shape index (κ3) is 3.71. The van der Waals surface area contributed by atoms with E-state index >= 15 is 0 Å². The summed E-state index contributed by atoms with van der Waals surface area (Å²) in [6, 6.07) is 15.6. The second-order valence-corrected chi connectivity index (χ2v) is 6.56. The highest BCUT2D eigenvalue weighted by atomic mass is 16.6. The Balaban J connectivity index is 1.68. The van der Waals surface area contributed by atoms with Crippen molar-refractivity contribution in [3.63, 3.8) is 0 Å². The summed E-state index contributed by atoms with van der Waals surface area (Å²) in [5, 5.41) is 0. The largest absolute Gasteiger partial charge is 0.482 e. The van der Waals surface area contributed by atoms with Gasteiger partial charge < -0.3 is 19.3 Å². The maximum atomic E-state index is 12.8. The van der Waals surface area contributed by atoms with Crippen LogP contribution in [0, 0.1) is 0 Å². The van der Waals surface area contributed by atoms with Crippen LogP contribution in [-0.2, 0) is 11.3 Å². The topological polar surface area (TPSA) is 42.0 Å². The van der Waals surface area contributed by atoms with Crippen molar-refractivity contribution in [2.24, 2.45) is 0 Å². The van der Waals surface area contributed by atoms with Gasteiger partial charge in [0.2, 0.25) is 6.10 Å². The Morgan fingerprint density at radius 3 is 2.16 bits per heavy atom. The predicted octanol–water partition coefficient (Wildman–Crippen LogP) is 2.94. The van der Waals surface area contributed by atoms with Crippen LogP contribution in [0.15, 0.2) is 48.5 Å². The van der Waals surface area contributed by atoms with Crippen molar-refractivity contribution in [3.05, 3.63) is 54.1 Å². The van der Waals surface area contributed by atoms with Crippen LogP contribution in [0.4, 0.5) is 5.69 Å². The van der Waals surface area contributed by atoms with Crippen LogP contribution >= 0.6 is 0 Å². The molecule has 0 fully saturated rings. The number of ether oxygens (including phenoxy) is 2. The van der Waals surface area contributed by atoms with Gasteiger partial charge in [-0.15, -0.1) is 0 Å². The molecule has 0 aliphatic carbocycles. The predicted molar refractivity (Wildman–Crippen MR) is 98.2 cm³/mol. The number of anilines is 1. The lowest BCUT2D eigenvalue weighted by molar-refractivity contribution is -0.143. The van der Waals surface area contributed by atoms with Gasteiger partial charge in [0.1, 0.15) is 6.10 Å². The Kier molecular flexibility index (Phi) is 4.83. The quantitative estimate of drug-likeness (QED) is 0.858. The molecule has 1 heterocycles. The third-order valence-electron chi connectivity index (χ3n) is 4.33. The van der Waals surface area contributed by atoms with Crippen molar-refractivity contribution in [2.75, 3.05) is 26.0 Å². The first kappa shape index (κ1) is 17.1. The summed E-state index contributed by atoms with van der Waals surface area (Å²) in [5.74, 6) is 1.21. The number of likely N-dealkylation sites (N-methyl/N-ethyl adjacent to an activating group) is 1. The van der Waals surface area contributed by atoms with Crippen molar-refractivity contribution in [1.82, 2.24) is 4.90 Å². The minimum Gasteiger partial charge on any atom is -0.482 e. The molecule has 5 nitrogen and oxygen atoms in total. The van der Waals surface area contributed by atoms with Gasteiger partial charge in [0.25, 0.3) is 5.91 Å². The number of nitrogens with zero attached hydrogens (tertiary/aromatic N) is 2. The lowest BCUT2D eigenvalue weighted by Gasteiger charge is -2.33. The highest BCUT2D eigenvalue weighted by molar-refractivity contribution is 5.82. The minimum atomic E-state index is -0.638. The van der Waals surface area contributed by atoms with E-state index < -0.39 is 6.10 Å². The molecule has 1 aliphatic rings. The van der Waals surface area contributed by atoms with E-state index in [9.17, 15) is 4.79 Å². The van der Waals surface area contributed by atoms with Crippen LogP contribution in [0.25, 0.3) is 0 Å². The van der Waals surface area contributed by atoms with Crippen LogP contribution in [0.2, 0.25) is 0 Å². The zero-order valence-electron chi connectivity index (χ0n) is 15.1. The van der Waals surface area contributed by atoms with Crippen molar-refractivity contribution >= 4 is 11.6 Å². The number of carbonyl (C=O) groups is 1. The van der Waals surface area contributed by atoms with Gasteiger partial charge in [0.15, 0.2) is 11.5 Å². The summed E-state index contributed by atoms with van der Waals surface area (Å²) >= 11 is 0. The number of carbonyl (C=O) groups excluding carboxylic acids is 1. The summed E-state index contributed by atoms with van der Waals surface area (Å²) in [6.07, 6.45) is -0.970. The van der Waals surface area contributed by atoms with E-state index in [1.54, 1.807) is 11.9 Å². The fourth-order valence-electron chi connectivity index (χ4n) is 2.86. The van der Waals surface area contributed by atoms with E-state index in [1.807, 2.05) is 74.4 Å². The van der Waals surface area contributed by atoms with E-state index in [-0.39, 0.29) is 12.0 Å². The minimum absolute atomic E-state index is 0.0845. The van der Waals surface area contributed by atoms with Crippen molar-refractivity contribution in [3.8, 4) is 11.5 Å². The first-order chi connectivity index (χ1) is 12.0. The number of fused-ring (bicyclic) bond motifs is 1. The fourth-order valence-corrected chi connectivity index (χ4v) is 2.86. The summed E-state index contributed by atoms with van der Waals surface area (Å²) in [7, 11) is 5.80. The lowest BCUT2D eigenvalue weighted by Crippen LogP contribution is -2.49. The molecule has 0 saturated carbocycles. The van der Waals surface area contributed by atoms with Crippen LogP contribution in [0.1, 0.15) is 12.5 Å². The van der Waals surface area contributed by atoms with Gasteiger partial charge in [0, 0.05) is 33.4 Å². The molecular formula is C20H24N2O3. The van der Waals surface area contributed by atoms with E-state index in [1.165, 1.54) is 0 Å². The maximum absolute atomic E-state index is 12.8. The van der Waals surface area contributed by atoms with Crippen molar-refractivity contribution in [1.29, 1.82) is 0 Å². The average Bonchev–Trinajstić information content (AvgIpc) is 2.61. The van der Waals surface area contributed by atoms with Crippen LogP contribution in [0.5, 0.6) is 11.5 Å². The first-order valence-corrected chi connectivity index (χ1v) is 8.39. The molecule has 0 aromatic heterocycles. The van der Waals surface area contributed by atoms with Gasteiger partial charge >= 0.3 is 0 Å². The zero-order valence-corrected chi connectivity index (χ0v) is 15.1. The molecule has 0 N–H and O–H groups in total. The molecule has 0 spiro atoms. The average molecular weight is 340 g/mol. The highest BCUT2D eigenvalue weighted by Crippen LogP contribution is 2.33. The Bertz CT molecular complexity index is 743. The second kappa shape index (κ2) is 7.05. The lowest BCUT2D eigenvalue weighted by atomic mass is 10.1. The summed E-state index contributed by atoms with van der Waals surface area (Å²) in [4.78, 5) is 16.5. The molecule has 5 heteroatoms. The number of benzene rings is 2. The van der Waals surface area contributed by atoms with Crippen LogP contribution < -0.4 is 14.4 Å². The van der Waals surface area contributed by atoms with Gasteiger partial charge in [-0.3, -0.25) is 4.79 Å². The summed E-state index contributed by atoms with van der Waals surface area (Å²) in [5.41, 5.74) is 2.21. The Hall–Kier alpha value is -2.69. The Labute approximate surface area is 148 Å². The number of amides is 1. The zero-order chi connectivity index (χ0) is 18.0. The van der Waals surface area contributed by atoms with Gasteiger partial charge in [0.05, 0.1) is 0 Å². The molecule has 2 aromatic carbocycles. The van der Waals surface area contributed by atoms with E-state index in [0.717, 1.165) is 11.3 Å². The van der Waals surface area contributed by atoms with Gasteiger partial charge in [-0.25, -0.2) is 0 Å². The summed E-state index contributed by atoms with van der Waals surface area (Å²) in [6.45, 7) is 2.39. The number of para-hydroxylation sites is 2. The third-order valence-corrected chi connectivity index (χ3v) is 4.33. The number of hydrogen-bond donors (Lipinski definition) is 0. The first-order valence-electron chi connectivity index (χ1n) is 8.39. The Morgan fingerprint density at radius 2 is 1.56 bits per heavy atom. The molecule has 25 heavy (non-hydrogen) atoms. The van der Waals surface area contributed by atoms with Gasteiger partial charge in [-0.05, 0) is 36.8 Å². The molecule has 2 unspecified atom stereocenters. The Morgan fingerprint density at radius 1 is 0.960 bits per heavy atom. The SMILES string of the molecule is CC1Oc2ccccc2OC1C(=O)N(C)Cc1ccc(N(C)C)cc1. The molecule has 0 saturated heterocycles. The molecule has 0 bridgehead atoms. The second-order valence-electron chi connectivity index (χ2n) is 6.56. The molecule has 2 atom stereocenters. The normalized spacial score (nSPS) is 18.6. The molecule has 3 rings (SSSR count). The van der Waals surface area contributed by atoms with Crippen LogP contribution in [0.3, 0.4) is 0 Å². The van der Waals surface area contributed by atoms with E-state index in [4.69, 9.17) is 9.47 Å². The van der Waals surface area contributed by atoms with E-state index in [2.05, 4.69) is 0 Å². The number of rotatable bonds is 4. The highest BCUT2D eigenvalue weighted by Gasteiger charge is 2.35. The molecule has 0 radical (unpaired) electrons. The standard InChI is InChI=1S/C20H24N2O3/c1-14-19(25-18-8-6-5-7-17(18)24-14)20(23)22(4)13-15-9-11-16(12-10-15)21(2)3/h5-12,14,19H,13H2,1-4H3. The van der Waals surface area contributed by atoms with Gasteiger partial charge in [-0.2, -0.15) is 0 Å². The molecule has 1 amide bonds. The van der Waals surface area contributed by atoms with Crippen molar-refractivity contribution in [2.45, 2.75) is 25.7 Å². The van der Waals surface area contributed by atoms with Crippen LogP contribution in [-0.4, -0.2) is 44.2 Å². The van der Waals surface area contributed by atoms with Gasteiger partial charge in [-0.1, -0.05) is 24.3 Å². The molecular weight excluding hydrogens is 316 g/mol. The number of hydrogen-bond acceptors (Lipinski definition) is 4. The smallest absolute Gasteiger partial charge is 0.267 e. The summed E-state index contributed by atoms with van der Waals surface area (Å²) < 4.78 is 11.7. The monoisotopic (exact) mass is 340 g/mol.